The van der Waals surface area contributed by atoms with Crippen LogP contribution in [0.5, 0.6) is 0 Å². The summed E-state index contributed by atoms with van der Waals surface area (Å²) in [4.78, 5) is 17.5. The van der Waals surface area contributed by atoms with Crippen molar-refractivity contribution >= 4 is 5.97 Å². The predicted molar refractivity (Wildman–Crippen MR) is 97.0 cm³/mol. The molecule has 4 nitrogen and oxygen atoms in total. The van der Waals surface area contributed by atoms with Crippen LogP contribution in [0, 0.1) is 5.41 Å². The summed E-state index contributed by atoms with van der Waals surface area (Å²) in [6.07, 6.45) is 11.0. The highest BCUT2D eigenvalue weighted by Gasteiger charge is 2.46. The number of esters is 1. The van der Waals surface area contributed by atoms with Crippen LogP contribution >= 0.6 is 0 Å². The molecule has 1 aliphatic carbocycles. The van der Waals surface area contributed by atoms with Gasteiger partial charge in [0.25, 0.3) is 0 Å². The summed E-state index contributed by atoms with van der Waals surface area (Å²) >= 11 is 0. The van der Waals surface area contributed by atoms with Gasteiger partial charge < -0.3 is 9.64 Å². The summed E-state index contributed by atoms with van der Waals surface area (Å²) in [6, 6.07) is 0.853. The first-order valence-corrected chi connectivity index (χ1v) is 10.3. The lowest BCUT2D eigenvalue weighted by Gasteiger charge is -2.41. The monoisotopic (exact) mass is 336 g/mol. The molecule has 0 aromatic carbocycles. The maximum Gasteiger partial charge on any atom is 0.312 e. The van der Waals surface area contributed by atoms with E-state index in [0.717, 1.165) is 38.3 Å². The summed E-state index contributed by atoms with van der Waals surface area (Å²) < 4.78 is 5.69. The maximum atomic E-state index is 12.2. The fourth-order valence-electron chi connectivity index (χ4n) is 4.95. The van der Waals surface area contributed by atoms with Gasteiger partial charge >= 0.3 is 5.97 Å². The molecule has 24 heavy (non-hydrogen) atoms. The van der Waals surface area contributed by atoms with Gasteiger partial charge in [-0.3, -0.25) is 9.69 Å². The van der Waals surface area contributed by atoms with Crippen LogP contribution in [0.3, 0.4) is 0 Å². The molecule has 0 radical (unpaired) electrons. The molecule has 2 aliphatic heterocycles. The van der Waals surface area contributed by atoms with Gasteiger partial charge in [-0.2, -0.15) is 0 Å². The van der Waals surface area contributed by atoms with Crippen molar-refractivity contribution in [2.75, 3.05) is 32.7 Å². The van der Waals surface area contributed by atoms with E-state index in [1.165, 1.54) is 58.3 Å². The first kappa shape index (κ1) is 18.2. The van der Waals surface area contributed by atoms with E-state index in [9.17, 15) is 4.79 Å². The third kappa shape index (κ3) is 3.96. The highest BCUT2D eigenvalue weighted by molar-refractivity contribution is 5.78. The zero-order valence-corrected chi connectivity index (χ0v) is 15.8. The molecule has 2 saturated heterocycles. The van der Waals surface area contributed by atoms with Crippen LogP contribution in [0.2, 0.25) is 0 Å². The molecule has 0 N–H and O–H groups in total. The van der Waals surface area contributed by atoms with Crippen molar-refractivity contribution in [1.29, 1.82) is 0 Å². The second-order valence-corrected chi connectivity index (χ2v) is 8.18. The van der Waals surface area contributed by atoms with Crippen molar-refractivity contribution in [3.8, 4) is 0 Å². The molecule has 4 heteroatoms. The number of rotatable bonds is 6. The first-order chi connectivity index (χ1) is 11.7. The topological polar surface area (TPSA) is 32.8 Å². The standard InChI is InChI=1S/C20H36N2O2/c1-3-20(4-2)16-18(24-19(20)23)10-11-21-12-14-22(15-13-21)17-8-6-5-7-9-17/h17-18H,3-16H2,1-2H3/t18-/m1/s1. The molecule has 2 heterocycles. The van der Waals surface area contributed by atoms with E-state index in [-0.39, 0.29) is 17.5 Å². The van der Waals surface area contributed by atoms with Gasteiger partial charge in [0.1, 0.15) is 6.10 Å². The summed E-state index contributed by atoms with van der Waals surface area (Å²) in [5, 5.41) is 0. The van der Waals surface area contributed by atoms with Crippen molar-refractivity contribution in [1.82, 2.24) is 9.80 Å². The van der Waals surface area contributed by atoms with Crippen LogP contribution < -0.4 is 0 Å². The SMILES string of the molecule is CCC1(CC)C[C@@H](CCN2CCN(C3CCCCC3)CC2)OC1=O. The average molecular weight is 337 g/mol. The fraction of sp³-hybridized carbons (Fsp3) is 0.950. The van der Waals surface area contributed by atoms with E-state index in [1.54, 1.807) is 0 Å². The number of ether oxygens (including phenoxy) is 1. The van der Waals surface area contributed by atoms with Gasteiger partial charge in [-0.05, 0) is 32.1 Å². The quantitative estimate of drug-likeness (QED) is 0.696. The first-order valence-electron chi connectivity index (χ1n) is 10.3. The van der Waals surface area contributed by atoms with Gasteiger partial charge in [-0.25, -0.2) is 0 Å². The summed E-state index contributed by atoms with van der Waals surface area (Å²) in [5.74, 6) is 0.0552. The number of piperazine rings is 1. The molecule has 1 saturated carbocycles. The number of hydrogen-bond donors (Lipinski definition) is 0. The lowest BCUT2D eigenvalue weighted by Crippen LogP contribution is -2.51. The Morgan fingerprint density at radius 1 is 1.04 bits per heavy atom. The van der Waals surface area contributed by atoms with E-state index in [0.29, 0.717) is 0 Å². The van der Waals surface area contributed by atoms with Crippen molar-refractivity contribution in [3.63, 3.8) is 0 Å². The molecule has 138 valence electrons. The highest BCUT2D eigenvalue weighted by atomic mass is 16.6. The Balaban J connectivity index is 1.39. The molecule has 0 aromatic rings. The van der Waals surface area contributed by atoms with Crippen LogP contribution in [-0.4, -0.2) is 60.6 Å². The molecule has 0 spiro atoms. The summed E-state index contributed by atoms with van der Waals surface area (Å²) in [5.41, 5.74) is -0.190. The van der Waals surface area contributed by atoms with Crippen molar-refractivity contribution in [3.05, 3.63) is 0 Å². The molecule has 1 atom stereocenters. The maximum absolute atomic E-state index is 12.2. The van der Waals surface area contributed by atoms with E-state index in [4.69, 9.17) is 4.74 Å². The summed E-state index contributed by atoms with van der Waals surface area (Å²) in [6.45, 7) is 10.1. The zero-order valence-electron chi connectivity index (χ0n) is 15.8. The number of carbonyl (C=O) groups excluding carboxylic acids is 1. The van der Waals surface area contributed by atoms with Crippen LogP contribution in [-0.2, 0) is 9.53 Å². The van der Waals surface area contributed by atoms with Crippen LogP contribution in [0.1, 0.15) is 71.6 Å². The molecule has 0 aromatic heterocycles. The van der Waals surface area contributed by atoms with Gasteiger partial charge in [0.15, 0.2) is 0 Å². The molecular formula is C20H36N2O2. The van der Waals surface area contributed by atoms with Crippen molar-refractivity contribution in [2.24, 2.45) is 5.41 Å². The van der Waals surface area contributed by atoms with Gasteiger partial charge in [0.05, 0.1) is 5.41 Å². The Kier molecular flexibility index (Phi) is 6.20. The smallest absolute Gasteiger partial charge is 0.312 e. The Bertz CT molecular complexity index is 408. The molecular weight excluding hydrogens is 300 g/mol. The number of cyclic esters (lactones) is 1. The molecule has 3 fully saturated rings. The summed E-state index contributed by atoms with van der Waals surface area (Å²) in [7, 11) is 0. The number of carbonyl (C=O) groups is 1. The predicted octanol–water partition coefficient (Wildman–Crippen LogP) is 3.45. The van der Waals surface area contributed by atoms with Crippen molar-refractivity contribution in [2.45, 2.75) is 83.8 Å². The molecule has 0 bridgehead atoms. The van der Waals surface area contributed by atoms with Crippen molar-refractivity contribution < 1.29 is 9.53 Å². The minimum absolute atomic E-state index is 0.0552. The van der Waals surface area contributed by atoms with Crippen LogP contribution in [0.15, 0.2) is 0 Å². The third-order valence-electron chi connectivity index (χ3n) is 6.94. The lowest BCUT2D eigenvalue weighted by molar-refractivity contribution is -0.149. The number of hydrogen-bond acceptors (Lipinski definition) is 4. The third-order valence-corrected chi connectivity index (χ3v) is 6.94. The second-order valence-electron chi connectivity index (χ2n) is 8.18. The molecule has 0 amide bonds. The molecule has 0 unspecified atom stereocenters. The second kappa shape index (κ2) is 8.18. The minimum Gasteiger partial charge on any atom is -0.462 e. The van der Waals surface area contributed by atoms with E-state index in [2.05, 4.69) is 23.6 Å². The zero-order chi connectivity index (χ0) is 17.0. The lowest BCUT2D eigenvalue weighted by atomic mass is 9.79. The normalized spacial score (nSPS) is 29.8. The Morgan fingerprint density at radius 2 is 1.71 bits per heavy atom. The van der Waals surface area contributed by atoms with Gasteiger partial charge in [-0.1, -0.05) is 33.1 Å². The highest BCUT2D eigenvalue weighted by Crippen LogP contribution is 2.41. The van der Waals surface area contributed by atoms with Crippen LogP contribution in [0.25, 0.3) is 0 Å². The van der Waals surface area contributed by atoms with E-state index in [1.807, 2.05) is 0 Å². The fourth-order valence-corrected chi connectivity index (χ4v) is 4.95. The van der Waals surface area contributed by atoms with Gasteiger partial charge in [0.2, 0.25) is 0 Å². The minimum atomic E-state index is -0.190. The van der Waals surface area contributed by atoms with E-state index >= 15 is 0 Å². The van der Waals surface area contributed by atoms with E-state index < -0.39 is 0 Å². The molecule has 3 rings (SSSR count). The van der Waals surface area contributed by atoms with Crippen LogP contribution in [0.4, 0.5) is 0 Å². The molecule has 3 aliphatic rings. The largest absolute Gasteiger partial charge is 0.462 e. The Hall–Kier alpha value is -0.610. The Morgan fingerprint density at radius 3 is 2.29 bits per heavy atom. The average Bonchev–Trinajstić information content (AvgIpc) is 2.97. The Labute approximate surface area is 147 Å². The van der Waals surface area contributed by atoms with Gasteiger partial charge in [0, 0.05) is 45.2 Å². The van der Waals surface area contributed by atoms with Gasteiger partial charge in [-0.15, -0.1) is 0 Å². The number of nitrogens with zero attached hydrogens (tertiary/aromatic N) is 2.